The summed E-state index contributed by atoms with van der Waals surface area (Å²) < 4.78 is 0.767. The first-order valence-electron chi connectivity index (χ1n) is 5.39. The van der Waals surface area contributed by atoms with Crippen LogP contribution in [-0.4, -0.2) is 23.5 Å². The van der Waals surface area contributed by atoms with Gasteiger partial charge in [0, 0.05) is 12.5 Å². The Labute approximate surface area is 103 Å². The second-order valence-electron chi connectivity index (χ2n) is 3.92. The Balaban J connectivity index is 1.84. The molecule has 5 heteroatoms. The van der Waals surface area contributed by atoms with E-state index in [4.69, 9.17) is 0 Å². The van der Waals surface area contributed by atoms with Crippen molar-refractivity contribution in [1.29, 1.82) is 0 Å². The average molecular weight is 284 g/mol. The van der Waals surface area contributed by atoms with Crippen LogP contribution in [0.3, 0.4) is 0 Å². The molecule has 2 heterocycles. The van der Waals surface area contributed by atoms with Gasteiger partial charge in [-0.25, -0.2) is 4.98 Å². The summed E-state index contributed by atoms with van der Waals surface area (Å²) in [6.45, 7) is 1.03. The first kappa shape index (κ1) is 11.5. The van der Waals surface area contributed by atoms with Crippen molar-refractivity contribution in [1.82, 2.24) is 10.3 Å². The van der Waals surface area contributed by atoms with E-state index in [2.05, 4.69) is 31.5 Å². The number of pyridine rings is 1. The first-order valence-corrected chi connectivity index (χ1v) is 6.18. The van der Waals surface area contributed by atoms with Crippen LogP contribution in [0.15, 0.2) is 22.9 Å². The Morgan fingerprint density at radius 2 is 2.50 bits per heavy atom. The van der Waals surface area contributed by atoms with Gasteiger partial charge in [0.05, 0.1) is 11.9 Å². The normalized spacial score (nSPS) is 19.7. The zero-order valence-corrected chi connectivity index (χ0v) is 10.5. The van der Waals surface area contributed by atoms with E-state index in [-0.39, 0.29) is 5.91 Å². The fraction of sp³-hybridized carbons (Fsp3) is 0.455. The molecule has 1 aliphatic heterocycles. The van der Waals surface area contributed by atoms with Gasteiger partial charge < -0.3 is 10.6 Å². The number of anilines is 1. The standard InChI is InChI=1S/C11H14BrN3O/c12-10-4-3-9(7-14-10)15-11(16)6-8-2-1-5-13-8/h3-4,7-8,13H,1-2,5-6H2,(H,15,16). The number of aromatic nitrogens is 1. The molecule has 86 valence electrons. The average Bonchev–Trinajstić information content (AvgIpc) is 2.74. The molecule has 1 fully saturated rings. The van der Waals surface area contributed by atoms with E-state index in [0.717, 1.165) is 29.7 Å². The van der Waals surface area contributed by atoms with E-state index in [1.165, 1.54) is 0 Å². The lowest BCUT2D eigenvalue weighted by molar-refractivity contribution is -0.116. The summed E-state index contributed by atoms with van der Waals surface area (Å²) >= 11 is 3.25. The highest BCUT2D eigenvalue weighted by Gasteiger charge is 2.17. The second kappa shape index (κ2) is 5.41. The lowest BCUT2D eigenvalue weighted by atomic mass is 10.1. The van der Waals surface area contributed by atoms with E-state index in [1.807, 2.05) is 12.1 Å². The number of rotatable bonds is 3. The van der Waals surface area contributed by atoms with Crippen LogP contribution < -0.4 is 10.6 Å². The second-order valence-corrected chi connectivity index (χ2v) is 4.73. The topological polar surface area (TPSA) is 54.0 Å². The van der Waals surface area contributed by atoms with Gasteiger partial charge in [-0.05, 0) is 47.4 Å². The molecule has 0 spiro atoms. The van der Waals surface area contributed by atoms with Gasteiger partial charge in [-0.1, -0.05) is 0 Å². The minimum atomic E-state index is 0.0449. The van der Waals surface area contributed by atoms with Crippen LogP contribution in [0.5, 0.6) is 0 Å². The molecule has 1 unspecified atom stereocenters. The van der Waals surface area contributed by atoms with Crippen LogP contribution in [0.25, 0.3) is 0 Å². The van der Waals surface area contributed by atoms with Gasteiger partial charge in [-0.15, -0.1) is 0 Å². The maximum absolute atomic E-state index is 11.7. The molecule has 1 aromatic heterocycles. The highest BCUT2D eigenvalue weighted by atomic mass is 79.9. The maximum Gasteiger partial charge on any atom is 0.225 e. The van der Waals surface area contributed by atoms with Crippen molar-refractivity contribution < 1.29 is 4.79 Å². The molecule has 0 radical (unpaired) electrons. The number of halogens is 1. The van der Waals surface area contributed by atoms with E-state index in [0.29, 0.717) is 12.5 Å². The van der Waals surface area contributed by atoms with Crippen molar-refractivity contribution in [2.45, 2.75) is 25.3 Å². The molecule has 4 nitrogen and oxygen atoms in total. The SMILES string of the molecule is O=C(CC1CCCN1)Nc1ccc(Br)nc1. The monoisotopic (exact) mass is 283 g/mol. The number of carbonyl (C=O) groups excluding carboxylic acids is 1. The van der Waals surface area contributed by atoms with Crippen LogP contribution in [0.1, 0.15) is 19.3 Å². The summed E-state index contributed by atoms with van der Waals surface area (Å²) in [5.41, 5.74) is 0.742. The van der Waals surface area contributed by atoms with Gasteiger partial charge in [-0.2, -0.15) is 0 Å². The van der Waals surface area contributed by atoms with Crippen molar-refractivity contribution in [3.8, 4) is 0 Å². The third-order valence-electron chi connectivity index (χ3n) is 2.61. The number of carbonyl (C=O) groups is 1. The molecule has 1 amide bonds. The van der Waals surface area contributed by atoms with Crippen LogP contribution in [-0.2, 0) is 4.79 Å². The Morgan fingerprint density at radius 3 is 3.12 bits per heavy atom. The number of nitrogens with one attached hydrogen (secondary N) is 2. The summed E-state index contributed by atoms with van der Waals surface area (Å²) in [6.07, 6.45) is 4.43. The molecule has 0 saturated carbocycles. The predicted molar refractivity (Wildman–Crippen MR) is 66.2 cm³/mol. The van der Waals surface area contributed by atoms with Gasteiger partial charge in [-0.3, -0.25) is 4.79 Å². The Kier molecular flexibility index (Phi) is 3.90. The Morgan fingerprint density at radius 1 is 1.62 bits per heavy atom. The first-order chi connectivity index (χ1) is 7.74. The molecular weight excluding hydrogens is 270 g/mol. The molecule has 1 saturated heterocycles. The van der Waals surface area contributed by atoms with Crippen molar-refractivity contribution >= 4 is 27.5 Å². The minimum absolute atomic E-state index is 0.0449. The van der Waals surface area contributed by atoms with E-state index in [9.17, 15) is 4.79 Å². The molecule has 1 aliphatic rings. The predicted octanol–water partition coefficient (Wildman–Crippen LogP) is 1.92. The third-order valence-corrected chi connectivity index (χ3v) is 3.07. The Bertz CT molecular complexity index is 360. The molecule has 1 atom stereocenters. The Hall–Kier alpha value is -0.940. The van der Waals surface area contributed by atoms with Crippen molar-refractivity contribution in [2.75, 3.05) is 11.9 Å². The maximum atomic E-state index is 11.7. The fourth-order valence-corrected chi connectivity index (χ4v) is 2.05. The van der Waals surface area contributed by atoms with Crippen LogP contribution in [0.2, 0.25) is 0 Å². The molecule has 0 bridgehead atoms. The number of nitrogens with zero attached hydrogens (tertiary/aromatic N) is 1. The van der Waals surface area contributed by atoms with Crippen LogP contribution in [0.4, 0.5) is 5.69 Å². The van der Waals surface area contributed by atoms with Gasteiger partial charge in [0.15, 0.2) is 0 Å². The molecule has 0 aromatic carbocycles. The lowest BCUT2D eigenvalue weighted by Gasteiger charge is -2.10. The van der Waals surface area contributed by atoms with Crippen LogP contribution >= 0.6 is 15.9 Å². The van der Waals surface area contributed by atoms with Gasteiger partial charge >= 0.3 is 0 Å². The number of amides is 1. The van der Waals surface area contributed by atoms with Gasteiger partial charge in [0.1, 0.15) is 4.60 Å². The summed E-state index contributed by atoms with van der Waals surface area (Å²) in [5.74, 6) is 0.0449. The van der Waals surface area contributed by atoms with Crippen molar-refractivity contribution in [2.24, 2.45) is 0 Å². The van der Waals surface area contributed by atoms with Crippen molar-refractivity contribution in [3.05, 3.63) is 22.9 Å². The molecule has 1 aromatic rings. The minimum Gasteiger partial charge on any atom is -0.325 e. The smallest absolute Gasteiger partial charge is 0.225 e. The molecule has 2 N–H and O–H groups in total. The van der Waals surface area contributed by atoms with Crippen molar-refractivity contribution in [3.63, 3.8) is 0 Å². The summed E-state index contributed by atoms with van der Waals surface area (Å²) in [5, 5.41) is 6.13. The highest BCUT2D eigenvalue weighted by Crippen LogP contribution is 2.13. The fourth-order valence-electron chi connectivity index (χ4n) is 1.82. The number of hydrogen-bond donors (Lipinski definition) is 2. The number of hydrogen-bond acceptors (Lipinski definition) is 3. The molecular formula is C11H14BrN3O. The van der Waals surface area contributed by atoms with E-state index in [1.54, 1.807) is 6.20 Å². The van der Waals surface area contributed by atoms with E-state index < -0.39 is 0 Å². The molecule has 2 rings (SSSR count). The van der Waals surface area contributed by atoms with Gasteiger partial charge in [0.2, 0.25) is 5.91 Å². The third kappa shape index (κ3) is 3.28. The lowest BCUT2D eigenvalue weighted by Crippen LogP contribution is -2.27. The summed E-state index contributed by atoms with van der Waals surface area (Å²) in [4.78, 5) is 15.7. The summed E-state index contributed by atoms with van der Waals surface area (Å²) in [7, 11) is 0. The zero-order valence-electron chi connectivity index (χ0n) is 8.87. The van der Waals surface area contributed by atoms with Gasteiger partial charge in [0.25, 0.3) is 0 Å². The van der Waals surface area contributed by atoms with Crippen LogP contribution in [0, 0.1) is 0 Å². The summed E-state index contributed by atoms with van der Waals surface area (Å²) in [6, 6.07) is 3.98. The molecule has 16 heavy (non-hydrogen) atoms. The highest BCUT2D eigenvalue weighted by molar-refractivity contribution is 9.10. The molecule has 0 aliphatic carbocycles. The largest absolute Gasteiger partial charge is 0.325 e. The zero-order chi connectivity index (χ0) is 11.4. The quantitative estimate of drug-likeness (QED) is 0.834. The van der Waals surface area contributed by atoms with E-state index >= 15 is 0 Å².